The van der Waals surface area contributed by atoms with Crippen molar-refractivity contribution in [3.05, 3.63) is 64.6 Å². The smallest absolute Gasteiger partial charge is 0.130 e. The third-order valence-corrected chi connectivity index (χ3v) is 10.3. The van der Waals surface area contributed by atoms with Crippen LogP contribution in [0.25, 0.3) is 10.9 Å². The molecule has 2 bridgehead atoms. The molecule has 3 aromatic rings. The van der Waals surface area contributed by atoms with Gasteiger partial charge in [-0.15, -0.1) is 0 Å². The second-order valence-corrected chi connectivity index (χ2v) is 12.4. The molecule has 9 rings (SSSR count). The molecule has 0 amide bonds. The van der Waals surface area contributed by atoms with Gasteiger partial charge in [0.1, 0.15) is 5.82 Å². The predicted molar refractivity (Wildman–Crippen MR) is 140 cm³/mol. The fourth-order valence-corrected chi connectivity index (χ4v) is 9.09. The first kappa shape index (κ1) is 22.5. The molecule has 4 heterocycles. The number of fused-ring (bicyclic) bond motifs is 7. The predicted octanol–water partition coefficient (Wildman–Crippen LogP) is 4.72. The molecule has 6 aliphatic rings. The van der Waals surface area contributed by atoms with Crippen molar-refractivity contribution in [2.24, 2.45) is 5.41 Å². The van der Waals surface area contributed by atoms with Gasteiger partial charge in [0, 0.05) is 77.0 Å². The summed E-state index contributed by atoms with van der Waals surface area (Å²) in [6.45, 7) is 4.67. The van der Waals surface area contributed by atoms with E-state index in [1.54, 1.807) is 6.07 Å². The summed E-state index contributed by atoms with van der Waals surface area (Å²) < 4.78 is 28.8. The fraction of sp³-hybridized carbons (Fsp3) is 0.533. The van der Waals surface area contributed by atoms with Crippen molar-refractivity contribution >= 4 is 16.6 Å². The molecule has 3 aliphatic carbocycles. The van der Waals surface area contributed by atoms with Gasteiger partial charge in [0.05, 0.1) is 18.8 Å². The van der Waals surface area contributed by atoms with Crippen LogP contribution in [0.5, 0.6) is 0 Å². The van der Waals surface area contributed by atoms with E-state index in [1.165, 1.54) is 10.9 Å². The number of alkyl halides is 1. The number of nitrogens with zero attached hydrogens (tertiary/aromatic N) is 2. The SMILES string of the molecule is C[C@@H]1Cc2c([nH]c3ccccc23)[C@H]2c3c(F)cc(NC4CN(CCCF)C4)cc3C3C4(CO)CC3(C4)N21. The van der Waals surface area contributed by atoms with Gasteiger partial charge in [-0.2, -0.15) is 0 Å². The summed E-state index contributed by atoms with van der Waals surface area (Å²) in [6.07, 6.45) is 3.50. The lowest BCUT2D eigenvalue weighted by atomic mass is 9.29. The van der Waals surface area contributed by atoms with E-state index in [0.29, 0.717) is 12.5 Å². The van der Waals surface area contributed by atoms with Crippen LogP contribution in [-0.2, 0) is 6.42 Å². The molecule has 3 N–H and O–H groups in total. The van der Waals surface area contributed by atoms with Gasteiger partial charge < -0.3 is 15.4 Å². The summed E-state index contributed by atoms with van der Waals surface area (Å²) in [5.74, 6) is 0.0138. The largest absolute Gasteiger partial charge is 0.396 e. The molecular formula is C30H34F2N4O. The zero-order valence-electron chi connectivity index (χ0n) is 21.2. The maximum atomic E-state index is 16.3. The van der Waals surface area contributed by atoms with Crippen LogP contribution < -0.4 is 5.32 Å². The molecule has 0 radical (unpaired) electrons. The number of rotatable bonds is 6. The van der Waals surface area contributed by atoms with E-state index in [0.717, 1.165) is 66.9 Å². The molecule has 4 fully saturated rings. The number of nitrogens with one attached hydrogen (secondary N) is 2. The number of likely N-dealkylation sites (tertiary alicyclic amines) is 1. The lowest BCUT2D eigenvalue weighted by Crippen LogP contribution is -2.84. The number of hydrogen-bond acceptors (Lipinski definition) is 4. The number of aromatic nitrogens is 1. The number of H-pyrrole nitrogens is 1. The normalized spacial score (nSPS) is 34.0. The van der Waals surface area contributed by atoms with E-state index in [9.17, 15) is 9.50 Å². The van der Waals surface area contributed by atoms with Crippen molar-refractivity contribution in [3.8, 4) is 0 Å². The Labute approximate surface area is 215 Å². The van der Waals surface area contributed by atoms with Gasteiger partial charge in [0.25, 0.3) is 0 Å². The Morgan fingerprint density at radius 2 is 2.00 bits per heavy atom. The summed E-state index contributed by atoms with van der Waals surface area (Å²) in [7, 11) is 0. The standard InChI is InChI=1S/C30H34F2N4O/c1-17-9-21-20-5-2-3-6-24(20)34-26(21)27-25-22(28-29(16-37)14-30(28,15-29)36(17)27)10-18(11-23(25)32)33-19-12-35(13-19)8-4-7-31/h2-3,5-6,10-11,17,19,27-28,33-34,37H,4,7-9,12-16H2,1H3/t17-,27-,28?,29?,30?/m1/s1. The third kappa shape index (κ3) is 2.78. The molecule has 1 aromatic heterocycles. The number of benzene rings is 2. The number of aliphatic hydroxyl groups excluding tert-OH is 1. The molecule has 3 aliphatic heterocycles. The number of aromatic amines is 1. The van der Waals surface area contributed by atoms with Crippen LogP contribution in [0.3, 0.4) is 0 Å². The van der Waals surface area contributed by atoms with Crippen LogP contribution in [0, 0.1) is 11.2 Å². The summed E-state index contributed by atoms with van der Waals surface area (Å²) in [6, 6.07) is 12.7. The third-order valence-electron chi connectivity index (χ3n) is 10.3. The van der Waals surface area contributed by atoms with Crippen LogP contribution in [0.4, 0.5) is 14.5 Å². The van der Waals surface area contributed by atoms with Crippen LogP contribution in [0.2, 0.25) is 0 Å². The molecule has 5 nitrogen and oxygen atoms in total. The lowest BCUT2D eigenvalue weighted by molar-refractivity contribution is -0.286. The molecule has 194 valence electrons. The van der Waals surface area contributed by atoms with E-state index >= 15 is 4.39 Å². The van der Waals surface area contributed by atoms with Gasteiger partial charge in [-0.25, -0.2) is 4.39 Å². The number of halogens is 2. The molecule has 3 atom stereocenters. The van der Waals surface area contributed by atoms with E-state index in [2.05, 4.69) is 57.4 Å². The van der Waals surface area contributed by atoms with E-state index in [1.807, 2.05) is 0 Å². The van der Waals surface area contributed by atoms with E-state index in [-0.39, 0.29) is 48.1 Å². The molecule has 1 saturated heterocycles. The van der Waals surface area contributed by atoms with Crippen molar-refractivity contribution in [2.75, 3.05) is 38.2 Å². The van der Waals surface area contributed by atoms with Crippen molar-refractivity contribution < 1.29 is 13.9 Å². The molecule has 37 heavy (non-hydrogen) atoms. The van der Waals surface area contributed by atoms with Gasteiger partial charge in [0.2, 0.25) is 0 Å². The van der Waals surface area contributed by atoms with Gasteiger partial charge >= 0.3 is 0 Å². The minimum absolute atomic E-state index is 0.000500. The van der Waals surface area contributed by atoms with Gasteiger partial charge in [-0.1, -0.05) is 18.2 Å². The van der Waals surface area contributed by atoms with Gasteiger partial charge in [0.15, 0.2) is 0 Å². The molecule has 1 unspecified atom stereocenters. The maximum Gasteiger partial charge on any atom is 0.130 e. The molecular weight excluding hydrogens is 470 g/mol. The highest BCUT2D eigenvalue weighted by atomic mass is 19.1. The zero-order chi connectivity index (χ0) is 25.1. The first-order chi connectivity index (χ1) is 18.0. The Morgan fingerprint density at radius 3 is 2.78 bits per heavy atom. The molecule has 3 saturated carbocycles. The van der Waals surface area contributed by atoms with Crippen LogP contribution in [-0.4, -0.2) is 70.4 Å². The minimum atomic E-state index is -0.282. The lowest BCUT2D eigenvalue weighted by Gasteiger charge is -2.82. The fourth-order valence-electron chi connectivity index (χ4n) is 9.09. The average Bonchev–Trinajstić information content (AvgIpc) is 3.18. The Kier molecular flexibility index (Phi) is 4.59. The number of anilines is 1. The van der Waals surface area contributed by atoms with Crippen LogP contribution >= 0.6 is 0 Å². The summed E-state index contributed by atoms with van der Waals surface area (Å²) in [4.78, 5) is 8.55. The first-order valence-electron chi connectivity index (χ1n) is 13.8. The quantitative estimate of drug-likeness (QED) is 0.455. The Bertz CT molecular complexity index is 1410. The van der Waals surface area contributed by atoms with Crippen molar-refractivity contribution in [3.63, 3.8) is 0 Å². The maximum absolute atomic E-state index is 16.3. The summed E-state index contributed by atoms with van der Waals surface area (Å²) in [5.41, 5.74) is 6.17. The minimum Gasteiger partial charge on any atom is -0.396 e. The number of para-hydroxylation sites is 1. The van der Waals surface area contributed by atoms with Gasteiger partial charge in [-0.3, -0.25) is 14.2 Å². The zero-order valence-corrected chi connectivity index (χ0v) is 21.2. The van der Waals surface area contributed by atoms with Crippen LogP contribution in [0.15, 0.2) is 36.4 Å². The Morgan fingerprint density at radius 1 is 1.19 bits per heavy atom. The van der Waals surface area contributed by atoms with E-state index < -0.39 is 0 Å². The topological polar surface area (TPSA) is 54.5 Å². The van der Waals surface area contributed by atoms with Crippen LogP contribution in [0.1, 0.15) is 60.5 Å². The molecule has 1 spiro atoms. The Hall–Kier alpha value is -2.48. The first-order valence-corrected chi connectivity index (χ1v) is 13.8. The second-order valence-electron chi connectivity index (χ2n) is 12.4. The summed E-state index contributed by atoms with van der Waals surface area (Å²) >= 11 is 0. The number of aliphatic hydroxyl groups is 1. The average molecular weight is 505 g/mol. The number of hydrogen-bond donors (Lipinski definition) is 3. The Balaban J connectivity index is 1.22. The van der Waals surface area contributed by atoms with E-state index in [4.69, 9.17) is 0 Å². The summed E-state index contributed by atoms with van der Waals surface area (Å²) in [5, 5.41) is 15.2. The van der Waals surface area contributed by atoms with Crippen molar-refractivity contribution in [1.82, 2.24) is 14.8 Å². The van der Waals surface area contributed by atoms with Gasteiger partial charge in [-0.05, 0) is 61.9 Å². The highest BCUT2D eigenvalue weighted by Crippen LogP contribution is 2.81. The second kappa shape index (κ2) is 7.55. The van der Waals surface area contributed by atoms with Crippen molar-refractivity contribution in [2.45, 2.75) is 62.2 Å². The molecule has 7 heteroatoms. The molecule has 2 aromatic carbocycles. The van der Waals surface area contributed by atoms with Crippen molar-refractivity contribution in [1.29, 1.82) is 0 Å². The highest BCUT2D eigenvalue weighted by Gasteiger charge is 2.80. The monoisotopic (exact) mass is 504 g/mol. The highest BCUT2D eigenvalue weighted by molar-refractivity contribution is 5.85.